The Labute approximate surface area is 104 Å². The van der Waals surface area contributed by atoms with E-state index in [2.05, 4.69) is 15.6 Å². The van der Waals surface area contributed by atoms with Gasteiger partial charge in [-0.05, 0) is 12.5 Å². The first-order valence-corrected chi connectivity index (χ1v) is 5.51. The van der Waals surface area contributed by atoms with Gasteiger partial charge in [-0.1, -0.05) is 6.92 Å². The first-order chi connectivity index (χ1) is 8.56. The summed E-state index contributed by atoms with van der Waals surface area (Å²) in [6.07, 6.45) is 2.03. The second-order valence-corrected chi connectivity index (χ2v) is 3.59. The lowest BCUT2D eigenvalue weighted by Crippen LogP contribution is -2.37. The molecule has 1 rings (SSSR count). The highest BCUT2D eigenvalue weighted by molar-refractivity contribution is 5.97. The zero-order chi connectivity index (χ0) is 13.5. The number of hydrogen-bond acceptors (Lipinski definition) is 4. The summed E-state index contributed by atoms with van der Waals surface area (Å²) in [5.41, 5.74) is 5.00. The topological polar surface area (TPSA) is 97.1 Å². The first-order valence-electron chi connectivity index (χ1n) is 5.51. The van der Waals surface area contributed by atoms with Crippen molar-refractivity contribution < 1.29 is 14.0 Å². The van der Waals surface area contributed by atoms with Crippen molar-refractivity contribution in [2.45, 2.75) is 13.3 Å². The highest BCUT2D eigenvalue weighted by Crippen LogP contribution is 2.11. The molecule has 0 bridgehead atoms. The van der Waals surface area contributed by atoms with E-state index >= 15 is 0 Å². The van der Waals surface area contributed by atoms with E-state index in [9.17, 15) is 14.0 Å². The molecule has 0 fully saturated rings. The van der Waals surface area contributed by atoms with E-state index in [0.29, 0.717) is 6.54 Å². The molecule has 98 valence electrons. The highest BCUT2D eigenvalue weighted by atomic mass is 19.1. The van der Waals surface area contributed by atoms with Crippen molar-refractivity contribution in [3.63, 3.8) is 0 Å². The van der Waals surface area contributed by atoms with Crippen molar-refractivity contribution in [1.29, 1.82) is 0 Å². The Balaban J connectivity index is 2.55. The van der Waals surface area contributed by atoms with Crippen molar-refractivity contribution >= 4 is 17.6 Å². The average Bonchev–Trinajstić information content (AvgIpc) is 2.36. The third-order valence-electron chi connectivity index (χ3n) is 2.14. The molecule has 6 nitrogen and oxygen atoms in total. The van der Waals surface area contributed by atoms with Gasteiger partial charge < -0.3 is 16.4 Å². The van der Waals surface area contributed by atoms with Gasteiger partial charge in [0.1, 0.15) is 0 Å². The summed E-state index contributed by atoms with van der Waals surface area (Å²) in [7, 11) is 0. The molecule has 18 heavy (non-hydrogen) atoms. The third kappa shape index (κ3) is 3.69. The Kier molecular flexibility index (Phi) is 5.04. The molecule has 0 unspecified atom stereocenters. The van der Waals surface area contributed by atoms with Gasteiger partial charge >= 0.3 is 0 Å². The number of nitrogens with two attached hydrogens (primary N) is 1. The van der Waals surface area contributed by atoms with Crippen LogP contribution in [0.25, 0.3) is 0 Å². The lowest BCUT2D eigenvalue weighted by Gasteiger charge is -2.07. The number of nitrogen functional groups attached to an aromatic ring is 1. The summed E-state index contributed by atoms with van der Waals surface area (Å²) in [6, 6.07) is 1.20. The Morgan fingerprint density at radius 3 is 2.83 bits per heavy atom. The average molecular weight is 254 g/mol. The number of carbonyl (C=O) groups is 2. The van der Waals surface area contributed by atoms with Crippen molar-refractivity contribution in [2.75, 3.05) is 18.8 Å². The van der Waals surface area contributed by atoms with E-state index in [4.69, 9.17) is 5.73 Å². The minimum absolute atomic E-state index is 0.208. The molecule has 0 aliphatic heterocycles. The standard InChI is InChI=1S/C11H15FN4O2/c1-2-4-14-8(17)6-16-11(18)7-3-5-15-10(13)9(7)12/h3,5H,2,4,6H2,1H3,(H2,13,15)(H,14,17)(H,16,18). The second kappa shape index (κ2) is 6.53. The number of aromatic nitrogens is 1. The molecule has 1 heterocycles. The second-order valence-electron chi connectivity index (χ2n) is 3.59. The summed E-state index contributed by atoms with van der Waals surface area (Å²) in [5, 5.41) is 4.88. The van der Waals surface area contributed by atoms with Gasteiger partial charge in [-0.2, -0.15) is 0 Å². The predicted molar refractivity (Wildman–Crippen MR) is 64.2 cm³/mol. The number of halogens is 1. The van der Waals surface area contributed by atoms with Crippen LogP contribution in [0.2, 0.25) is 0 Å². The zero-order valence-corrected chi connectivity index (χ0v) is 10.00. The quantitative estimate of drug-likeness (QED) is 0.692. The molecule has 0 aromatic carbocycles. The third-order valence-corrected chi connectivity index (χ3v) is 2.14. The van der Waals surface area contributed by atoms with Crippen LogP contribution in [0.15, 0.2) is 12.3 Å². The molecule has 0 radical (unpaired) electrons. The summed E-state index contributed by atoms with van der Waals surface area (Å²) >= 11 is 0. The number of hydrogen-bond donors (Lipinski definition) is 3. The maximum atomic E-state index is 13.4. The summed E-state index contributed by atoms with van der Waals surface area (Å²) in [4.78, 5) is 26.3. The number of carbonyl (C=O) groups excluding carboxylic acids is 2. The molecular formula is C11H15FN4O2. The van der Waals surface area contributed by atoms with Crippen LogP contribution in [0.3, 0.4) is 0 Å². The van der Waals surface area contributed by atoms with Crippen molar-refractivity contribution in [1.82, 2.24) is 15.6 Å². The predicted octanol–water partition coefficient (Wildman–Crippen LogP) is 0.0589. The van der Waals surface area contributed by atoms with E-state index in [1.165, 1.54) is 12.3 Å². The number of rotatable bonds is 5. The summed E-state index contributed by atoms with van der Waals surface area (Å²) in [5.74, 6) is -2.26. The number of pyridine rings is 1. The minimum atomic E-state index is -0.885. The van der Waals surface area contributed by atoms with Gasteiger partial charge in [-0.25, -0.2) is 9.37 Å². The Hall–Kier alpha value is -2.18. The van der Waals surface area contributed by atoms with Gasteiger partial charge in [0.25, 0.3) is 5.91 Å². The summed E-state index contributed by atoms with van der Waals surface area (Å²) in [6.45, 7) is 2.24. The molecule has 0 aliphatic carbocycles. The normalized spacial score (nSPS) is 9.89. The monoisotopic (exact) mass is 254 g/mol. The molecule has 1 aromatic heterocycles. The summed E-state index contributed by atoms with van der Waals surface area (Å²) < 4.78 is 13.4. The van der Waals surface area contributed by atoms with Crippen molar-refractivity contribution in [2.24, 2.45) is 0 Å². The zero-order valence-electron chi connectivity index (χ0n) is 10.00. The molecular weight excluding hydrogens is 239 g/mol. The number of amides is 2. The molecule has 0 saturated carbocycles. The van der Waals surface area contributed by atoms with E-state index in [-0.39, 0.29) is 23.8 Å². The first kappa shape index (κ1) is 13.9. The molecule has 0 atom stereocenters. The van der Waals surface area contributed by atoms with E-state index < -0.39 is 11.7 Å². The Bertz CT molecular complexity index is 451. The van der Waals surface area contributed by atoms with Crippen LogP contribution < -0.4 is 16.4 Å². The van der Waals surface area contributed by atoms with Crippen LogP contribution >= 0.6 is 0 Å². The molecule has 0 aliphatic rings. The number of anilines is 1. The highest BCUT2D eigenvalue weighted by Gasteiger charge is 2.14. The molecule has 0 saturated heterocycles. The number of nitrogens with zero attached hydrogens (tertiary/aromatic N) is 1. The van der Waals surface area contributed by atoms with Crippen LogP contribution in [-0.2, 0) is 4.79 Å². The Morgan fingerprint density at radius 1 is 1.44 bits per heavy atom. The molecule has 0 spiro atoms. The van der Waals surface area contributed by atoms with E-state index in [0.717, 1.165) is 6.42 Å². The smallest absolute Gasteiger partial charge is 0.254 e. The molecule has 4 N–H and O–H groups in total. The molecule has 1 aromatic rings. The Morgan fingerprint density at radius 2 is 2.17 bits per heavy atom. The molecule has 2 amide bonds. The fourth-order valence-electron chi connectivity index (χ4n) is 1.22. The lowest BCUT2D eigenvalue weighted by atomic mass is 10.2. The fraction of sp³-hybridized carbons (Fsp3) is 0.364. The SMILES string of the molecule is CCCNC(=O)CNC(=O)c1ccnc(N)c1F. The van der Waals surface area contributed by atoms with Crippen LogP contribution in [-0.4, -0.2) is 29.9 Å². The van der Waals surface area contributed by atoms with E-state index in [1.807, 2.05) is 6.92 Å². The van der Waals surface area contributed by atoms with Gasteiger partial charge in [0.15, 0.2) is 11.6 Å². The van der Waals surface area contributed by atoms with Crippen LogP contribution in [0.1, 0.15) is 23.7 Å². The van der Waals surface area contributed by atoms with Gasteiger partial charge in [0, 0.05) is 12.7 Å². The number of nitrogens with one attached hydrogen (secondary N) is 2. The lowest BCUT2D eigenvalue weighted by molar-refractivity contribution is -0.120. The van der Waals surface area contributed by atoms with Gasteiger partial charge in [0.05, 0.1) is 12.1 Å². The minimum Gasteiger partial charge on any atom is -0.381 e. The van der Waals surface area contributed by atoms with Crippen LogP contribution in [0.5, 0.6) is 0 Å². The van der Waals surface area contributed by atoms with Gasteiger partial charge in [-0.3, -0.25) is 9.59 Å². The maximum absolute atomic E-state index is 13.4. The van der Waals surface area contributed by atoms with Crippen LogP contribution in [0, 0.1) is 5.82 Å². The van der Waals surface area contributed by atoms with Gasteiger partial charge in [-0.15, -0.1) is 0 Å². The molecule has 7 heteroatoms. The largest absolute Gasteiger partial charge is 0.381 e. The van der Waals surface area contributed by atoms with Crippen LogP contribution in [0.4, 0.5) is 10.2 Å². The maximum Gasteiger partial charge on any atom is 0.254 e. The fourth-order valence-corrected chi connectivity index (χ4v) is 1.22. The van der Waals surface area contributed by atoms with Crippen molar-refractivity contribution in [3.05, 3.63) is 23.6 Å². The van der Waals surface area contributed by atoms with Gasteiger partial charge in [0.2, 0.25) is 5.91 Å². The van der Waals surface area contributed by atoms with Crippen molar-refractivity contribution in [3.8, 4) is 0 Å². The van der Waals surface area contributed by atoms with E-state index in [1.54, 1.807) is 0 Å².